The van der Waals surface area contributed by atoms with Crippen LogP contribution in [-0.4, -0.2) is 36.6 Å². The van der Waals surface area contributed by atoms with Gasteiger partial charge in [0.05, 0.1) is 6.54 Å². The lowest BCUT2D eigenvalue weighted by atomic mass is 9.45. The molecule has 3 aliphatic carbocycles. The second kappa shape index (κ2) is 6.65. The zero-order valence-corrected chi connectivity index (χ0v) is 14.3. The second-order valence-corrected chi connectivity index (χ2v) is 6.95. The Morgan fingerprint density at radius 3 is 2.30 bits per heavy atom. The van der Waals surface area contributed by atoms with Crippen molar-refractivity contribution in [3.8, 4) is 0 Å². The number of esters is 1. The molecule has 0 radical (unpaired) electrons. The molecule has 0 spiro atoms. The predicted molar refractivity (Wildman–Crippen MR) is 84.1 cm³/mol. The Bertz CT molecular complexity index is 341. The van der Waals surface area contributed by atoms with E-state index in [0.717, 1.165) is 31.3 Å². The highest BCUT2D eigenvalue weighted by Crippen LogP contribution is 2.61. The van der Waals surface area contributed by atoms with Crippen LogP contribution in [0.25, 0.3) is 0 Å². The van der Waals surface area contributed by atoms with Gasteiger partial charge in [0.2, 0.25) is 0 Å². The highest BCUT2D eigenvalue weighted by Gasteiger charge is 2.57. The van der Waals surface area contributed by atoms with Crippen molar-refractivity contribution in [3.63, 3.8) is 0 Å². The van der Waals surface area contributed by atoms with Crippen LogP contribution in [0, 0.1) is 23.2 Å². The monoisotopic (exact) mass is 303 g/mol. The summed E-state index contributed by atoms with van der Waals surface area (Å²) in [5.74, 6) is 1.96. The molecule has 0 aromatic heterocycles. The van der Waals surface area contributed by atoms with Gasteiger partial charge in [-0.3, -0.25) is 9.69 Å². The summed E-state index contributed by atoms with van der Waals surface area (Å²) < 4.78 is 5.75. The molecule has 4 heteroatoms. The van der Waals surface area contributed by atoms with Gasteiger partial charge in [0.15, 0.2) is 0 Å². The number of ether oxygens (including phenoxy) is 1. The summed E-state index contributed by atoms with van der Waals surface area (Å²) in [4.78, 5) is 14.1. The Morgan fingerprint density at radius 2 is 1.85 bits per heavy atom. The molecule has 0 heterocycles. The van der Waals surface area contributed by atoms with Crippen LogP contribution in [0.3, 0.4) is 0 Å². The molecule has 3 fully saturated rings. The number of carbonyl (C=O) groups excluding carboxylic acids is 1. The molecule has 3 rings (SSSR count). The first kappa shape index (κ1) is 17.8. The molecule has 20 heavy (non-hydrogen) atoms. The van der Waals surface area contributed by atoms with Crippen LogP contribution >= 0.6 is 12.4 Å². The normalized spacial score (nSPS) is 34.1. The molecule has 3 aliphatic rings. The minimum atomic E-state index is -0.0420. The van der Waals surface area contributed by atoms with E-state index in [1.807, 2.05) is 0 Å². The molecule has 3 saturated carbocycles. The first-order chi connectivity index (χ1) is 8.90. The van der Waals surface area contributed by atoms with Gasteiger partial charge in [-0.1, -0.05) is 34.6 Å². The van der Waals surface area contributed by atoms with Gasteiger partial charge in [-0.15, -0.1) is 12.4 Å². The number of carbonyl (C=O) groups is 1. The average Bonchev–Trinajstić information content (AvgIpc) is 2.37. The number of hydrogen-bond donors (Lipinski definition) is 0. The average molecular weight is 304 g/mol. The molecule has 4 atom stereocenters. The van der Waals surface area contributed by atoms with Crippen molar-refractivity contribution >= 4 is 18.4 Å². The van der Waals surface area contributed by atoms with E-state index in [2.05, 4.69) is 39.5 Å². The van der Waals surface area contributed by atoms with E-state index in [1.54, 1.807) is 0 Å². The molecule has 0 saturated heterocycles. The van der Waals surface area contributed by atoms with Crippen LogP contribution in [0.1, 0.15) is 47.5 Å². The Morgan fingerprint density at radius 1 is 1.25 bits per heavy atom. The molecule has 3 nitrogen and oxygen atoms in total. The van der Waals surface area contributed by atoms with Gasteiger partial charge in [0, 0.05) is 0 Å². The third-order valence-corrected chi connectivity index (χ3v) is 5.81. The van der Waals surface area contributed by atoms with Gasteiger partial charge in [0.1, 0.15) is 6.10 Å². The lowest BCUT2D eigenvalue weighted by molar-refractivity contribution is -0.186. The van der Waals surface area contributed by atoms with Crippen molar-refractivity contribution < 1.29 is 9.53 Å². The van der Waals surface area contributed by atoms with E-state index in [4.69, 9.17) is 4.74 Å². The number of nitrogens with zero attached hydrogens (tertiary/aromatic N) is 1. The van der Waals surface area contributed by atoms with Crippen LogP contribution < -0.4 is 0 Å². The molecule has 118 valence electrons. The van der Waals surface area contributed by atoms with E-state index in [9.17, 15) is 4.79 Å². The molecule has 0 aromatic rings. The second-order valence-electron chi connectivity index (χ2n) is 6.95. The fraction of sp³-hybridized carbons (Fsp3) is 0.938. The highest BCUT2D eigenvalue weighted by molar-refractivity contribution is 5.85. The minimum absolute atomic E-state index is 0. The first-order valence-electron chi connectivity index (χ1n) is 7.81. The standard InChI is InChI=1S/C16H29NO2.ClH/c1-6-17(7-2)10-15(18)19-14-9-12-8-13(11(14)3)16(12,4)5;/h11-14H,6-10H2,1-5H3;1H/t11-,12+,13-,14-;/m1./s1. The van der Waals surface area contributed by atoms with Crippen molar-refractivity contribution in [1.29, 1.82) is 0 Å². The van der Waals surface area contributed by atoms with E-state index >= 15 is 0 Å². The Kier molecular flexibility index (Phi) is 5.91. The van der Waals surface area contributed by atoms with Crippen LogP contribution in [0.5, 0.6) is 0 Å². The summed E-state index contributed by atoms with van der Waals surface area (Å²) in [6, 6.07) is 0. The molecule has 0 amide bonds. The van der Waals surface area contributed by atoms with Crippen molar-refractivity contribution in [2.24, 2.45) is 23.2 Å². The molecular formula is C16H30ClNO2. The third kappa shape index (κ3) is 3.14. The van der Waals surface area contributed by atoms with Gasteiger partial charge >= 0.3 is 5.97 Å². The van der Waals surface area contributed by atoms with Crippen LogP contribution in [0.2, 0.25) is 0 Å². The highest BCUT2D eigenvalue weighted by atomic mass is 35.5. The van der Waals surface area contributed by atoms with Gasteiger partial charge in [-0.2, -0.15) is 0 Å². The zero-order valence-electron chi connectivity index (χ0n) is 13.5. The smallest absolute Gasteiger partial charge is 0.320 e. The van der Waals surface area contributed by atoms with Crippen molar-refractivity contribution in [1.82, 2.24) is 4.90 Å². The van der Waals surface area contributed by atoms with E-state index < -0.39 is 0 Å². The third-order valence-electron chi connectivity index (χ3n) is 5.81. The number of fused-ring (bicyclic) bond motifs is 2. The van der Waals surface area contributed by atoms with Crippen molar-refractivity contribution in [2.75, 3.05) is 19.6 Å². The predicted octanol–water partition coefficient (Wildman–Crippen LogP) is 3.36. The van der Waals surface area contributed by atoms with Gasteiger partial charge in [-0.25, -0.2) is 0 Å². The van der Waals surface area contributed by atoms with Crippen molar-refractivity contribution in [2.45, 2.75) is 53.6 Å². The van der Waals surface area contributed by atoms with Gasteiger partial charge < -0.3 is 4.74 Å². The number of hydrogen-bond acceptors (Lipinski definition) is 3. The molecule has 0 aliphatic heterocycles. The van der Waals surface area contributed by atoms with Crippen LogP contribution in [0.15, 0.2) is 0 Å². The van der Waals surface area contributed by atoms with E-state index in [0.29, 0.717) is 17.9 Å². The minimum Gasteiger partial charge on any atom is -0.461 e. The maximum Gasteiger partial charge on any atom is 0.320 e. The van der Waals surface area contributed by atoms with Crippen LogP contribution in [0.4, 0.5) is 0 Å². The topological polar surface area (TPSA) is 29.5 Å². The maximum absolute atomic E-state index is 12.0. The molecule has 0 unspecified atom stereocenters. The summed E-state index contributed by atoms with van der Waals surface area (Å²) >= 11 is 0. The molecule has 0 aromatic carbocycles. The summed E-state index contributed by atoms with van der Waals surface area (Å²) in [6.07, 6.45) is 2.55. The maximum atomic E-state index is 12.0. The molecule has 0 N–H and O–H groups in total. The van der Waals surface area contributed by atoms with Gasteiger partial charge in [0.25, 0.3) is 0 Å². The summed E-state index contributed by atoms with van der Waals surface area (Å²) in [6.45, 7) is 13.4. The van der Waals surface area contributed by atoms with E-state index in [1.165, 1.54) is 6.42 Å². The lowest BCUT2D eigenvalue weighted by Crippen LogP contribution is -2.57. The summed E-state index contributed by atoms with van der Waals surface area (Å²) in [5, 5.41) is 0. The SMILES string of the molecule is CCN(CC)CC(=O)O[C@@H]1C[C@@H]2C[C@H]([C@H]1C)C2(C)C.Cl. The molecular weight excluding hydrogens is 274 g/mol. The molecule has 2 bridgehead atoms. The quantitative estimate of drug-likeness (QED) is 0.729. The summed E-state index contributed by atoms with van der Waals surface area (Å²) in [5.41, 5.74) is 0.460. The zero-order chi connectivity index (χ0) is 14.2. The fourth-order valence-electron chi connectivity index (χ4n) is 4.09. The van der Waals surface area contributed by atoms with Crippen molar-refractivity contribution in [3.05, 3.63) is 0 Å². The Hall–Kier alpha value is -0.280. The van der Waals surface area contributed by atoms with Crippen LogP contribution in [-0.2, 0) is 9.53 Å². The van der Waals surface area contributed by atoms with Gasteiger partial charge in [-0.05, 0) is 49.1 Å². The largest absolute Gasteiger partial charge is 0.461 e. The Balaban J connectivity index is 0.00000200. The summed E-state index contributed by atoms with van der Waals surface area (Å²) in [7, 11) is 0. The number of halogens is 1. The number of likely N-dealkylation sites (N-methyl/N-ethyl adjacent to an activating group) is 1. The number of rotatable bonds is 5. The fourth-order valence-corrected chi connectivity index (χ4v) is 4.09. The Labute approximate surface area is 129 Å². The van der Waals surface area contributed by atoms with E-state index in [-0.39, 0.29) is 24.5 Å². The lowest BCUT2D eigenvalue weighted by Gasteiger charge is -2.61. The first-order valence-corrected chi connectivity index (χ1v) is 7.81.